The predicted molar refractivity (Wildman–Crippen MR) is 114 cm³/mol. The van der Waals surface area contributed by atoms with E-state index < -0.39 is 23.4 Å². The van der Waals surface area contributed by atoms with Gasteiger partial charge in [0.1, 0.15) is 17.1 Å². The average Bonchev–Trinajstić information content (AvgIpc) is 2.68. The number of hydrogen-bond acceptors (Lipinski definition) is 6. The number of amides is 1. The van der Waals surface area contributed by atoms with Crippen molar-refractivity contribution in [2.75, 3.05) is 6.54 Å². The van der Waals surface area contributed by atoms with Crippen LogP contribution in [0, 0.1) is 6.92 Å². The highest BCUT2D eigenvalue weighted by Crippen LogP contribution is 2.32. The summed E-state index contributed by atoms with van der Waals surface area (Å²) < 4.78 is 5.15. The molecular weight excluding hydrogens is 426 g/mol. The molecule has 2 aromatic carbocycles. The predicted octanol–water partition coefficient (Wildman–Crippen LogP) is 3.08. The summed E-state index contributed by atoms with van der Waals surface area (Å²) in [5, 5.41) is 32.2. The molecule has 0 radical (unpaired) electrons. The zero-order valence-corrected chi connectivity index (χ0v) is 17.3. The number of aliphatic carboxylic acids is 1. The molecule has 0 saturated heterocycles. The third kappa shape index (κ3) is 5.16. The summed E-state index contributed by atoms with van der Waals surface area (Å²) in [4.78, 5) is 36.1. The number of carbonyl (C=O) groups is 2. The van der Waals surface area contributed by atoms with Crippen molar-refractivity contribution in [2.45, 2.75) is 25.7 Å². The summed E-state index contributed by atoms with van der Waals surface area (Å²) in [7, 11) is 0. The maximum atomic E-state index is 12.5. The van der Waals surface area contributed by atoms with Crippen LogP contribution in [0.15, 0.2) is 45.6 Å². The first-order chi connectivity index (χ1) is 14.7. The number of aryl methyl sites for hydroxylation is 1. The van der Waals surface area contributed by atoms with E-state index in [1.165, 1.54) is 6.07 Å². The van der Waals surface area contributed by atoms with E-state index in [-0.39, 0.29) is 47.4 Å². The minimum atomic E-state index is -1.01. The monoisotopic (exact) mass is 445 g/mol. The first-order valence-electron chi connectivity index (χ1n) is 9.38. The molecule has 0 aliphatic carbocycles. The number of carbonyl (C=O) groups excluding carboxylic acids is 1. The van der Waals surface area contributed by atoms with Gasteiger partial charge in [-0.1, -0.05) is 23.7 Å². The second kappa shape index (κ2) is 9.09. The number of aromatic hydroxyl groups is 2. The number of halogens is 1. The number of benzene rings is 2. The lowest BCUT2D eigenvalue weighted by Crippen LogP contribution is -2.32. The van der Waals surface area contributed by atoms with Gasteiger partial charge in [0, 0.05) is 29.6 Å². The van der Waals surface area contributed by atoms with Crippen molar-refractivity contribution in [1.82, 2.24) is 5.32 Å². The van der Waals surface area contributed by atoms with Crippen molar-refractivity contribution in [2.24, 2.45) is 0 Å². The Kier molecular flexibility index (Phi) is 6.50. The van der Waals surface area contributed by atoms with Gasteiger partial charge in [-0.15, -0.1) is 0 Å². The highest BCUT2D eigenvalue weighted by molar-refractivity contribution is 6.30. The van der Waals surface area contributed by atoms with Crippen LogP contribution in [0.1, 0.15) is 29.0 Å². The summed E-state index contributed by atoms with van der Waals surface area (Å²) in [5.41, 5.74) is 0.377. The normalized spacial score (nSPS) is 11.9. The van der Waals surface area contributed by atoms with Crippen LogP contribution in [0.25, 0.3) is 11.0 Å². The Hall–Kier alpha value is -3.52. The van der Waals surface area contributed by atoms with Crippen LogP contribution < -0.4 is 10.9 Å². The molecule has 0 fully saturated rings. The van der Waals surface area contributed by atoms with Crippen LogP contribution >= 0.6 is 11.6 Å². The van der Waals surface area contributed by atoms with Crippen LogP contribution in [0.4, 0.5) is 0 Å². The third-order valence-corrected chi connectivity index (χ3v) is 5.24. The summed E-state index contributed by atoms with van der Waals surface area (Å²) in [6.45, 7) is 1.61. The molecule has 0 bridgehead atoms. The van der Waals surface area contributed by atoms with Gasteiger partial charge in [0.05, 0.1) is 23.8 Å². The maximum Gasteiger partial charge on any atom is 0.340 e. The van der Waals surface area contributed by atoms with Crippen LogP contribution in [-0.2, 0) is 16.0 Å². The number of carboxylic acids is 1. The number of hydrogen-bond donors (Lipinski definition) is 4. The fourth-order valence-corrected chi connectivity index (χ4v) is 3.55. The molecule has 3 aromatic rings. The quantitative estimate of drug-likeness (QED) is 0.410. The zero-order valence-electron chi connectivity index (χ0n) is 16.5. The molecule has 1 atom stereocenters. The van der Waals surface area contributed by atoms with Gasteiger partial charge < -0.3 is 25.1 Å². The number of fused-ring (bicyclic) bond motifs is 1. The van der Waals surface area contributed by atoms with Gasteiger partial charge in [0.25, 0.3) is 0 Å². The molecular formula is C22H20ClNO7. The second-order valence-corrected chi connectivity index (χ2v) is 7.59. The van der Waals surface area contributed by atoms with E-state index >= 15 is 0 Å². The van der Waals surface area contributed by atoms with Crippen LogP contribution in [-0.4, -0.2) is 33.7 Å². The topological polar surface area (TPSA) is 137 Å². The molecule has 8 nitrogen and oxygen atoms in total. The Bertz CT molecular complexity index is 1200. The fourth-order valence-electron chi connectivity index (χ4n) is 3.43. The minimum Gasteiger partial charge on any atom is -0.508 e. The molecule has 0 aliphatic rings. The van der Waals surface area contributed by atoms with E-state index in [0.29, 0.717) is 16.1 Å². The first-order valence-corrected chi connectivity index (χ1v) is 9.75. The number of phenols is 2. The summed E-state index contributed by atoms with van der Waals surface area (Å²) in [5.74, 6) is -2.54. The Labute approximate surface area is 181 Å². The zero-order chi connectivity index (χ0) is 22.7. The highest BCUT2D eigenvalue weighted by Gasteiger charge is 2.20. The maximum absolute atomic E-state index is 12.5. The lowest BCUT2D eigenvalue weighted by atomic mass is 9.95. The van der Waals surface area contributed by atoms with Gasteiger partial charge in [-0.25, -0.2) is 4.79 Å². The van der Waals surface area contributed by atoms with Crippen molar-refractivity contribution in [1.29, 1.82) is 0 Å². The van der Waals surface area contributed by atoms with Gasteiger partial charge in [-0.2, -0.15) is 0 Å². The molecule has 162 valence electrons. The summed E-state index contributed by atoms with van der Waals surface area (Å²) >= 11 is 5.87. The van der Waals surface area contributed by atoms with E-state index in [0.717, 1.165) is 6.07 Å². The van der Waals surface area contributed by atoms with E-state index in [2.05, 4.69) is 5.32 Å². The minimum absolute atomic E-state index is 0.00780. The first kappa shape index (κ1) is 22.2. The largest absolute Gasteiger partial charge is 0.508 e. The molecule has 1 amide bonds. The molecule has 0 aliphatic heterocycles. The van der Waals surface area contributed by atoms with Crippen molar-refractivity contribution in [3.8, 4) is 11.5 Å². The lowest BCUT2D eigenvalue weighted by Gasteiger charge is -2.17. The SMILES string of the molecule is Cc1c(CC(=O)NCC(CC(=O)O)c2ccc(Cl)cc2)c(=O)oc2cc(O)cc(O)c12. The molecule has 1 unspecified atom stereocenters. The fraction of sp³-hybridized carbons (Fsp3) is 0.227. The van der Waals surface area contributed by atoms with Gasteiger partial charge in [-0.05, 0) is 30.2 Å². The van der Waals surface area contributed by atoms with E-state index in [9.17, 15) is 29.7 Å². The van der Waals surface area contributed by atoms with Crippen molar-refractivity contribution in [3.63, 3.8) is 0 Å². The molecule has 0 saturated carbocycles. The van der Waals surface area contributed by atoms with Crippen LogP contribution in [0.3, 0.4) is 0 Å². The molecule has 9 heteroatoms. The van der Waals surface area contributed by atoms with Crippen molar-refractivity contribution in [3.05, 3.63) is 68.5 Å². The molecule has 4 N–H and O–H groups in total. The van der Waals surface area contributed by atoms with Crippen LogP contribution in [0.5, 0.6) is 11.5 Å². The van der Waals surface area contributed by atoms with E-state index in [4.69, 9.17) is 16.0 Å². The van der Waals surface area contributed by atoms with Crippen LogP contribution in [0.2, 0.25) is 5.02 Å². The van der Waals surface area contributed by atoms with Gasteiger partial charge in [0.2, 0.25) is 5.91 Å². The highest BCUT2D eigenvalue weighted by atomic mass is 35.5. The summed E-state index contributed by atoms with van der Waals surface area (Å²) in [6.07, 6.45) is -0.513. The Morgan fingerprint density at radius 3 is 2.48 bits per heavy atom. The molecule has 0 spiro atoms. The van der Waals surface area contributed by atoms with Crippen molar-refractivity contribution < 1.29 is 29.3 Å². The Balaban J connectivity index is 1.79. The second-order valence-electron chi connectivity index (χ2n) is 7.16. The number of nitrogens with one attached hydrogen (secondary N) is 1. The number of rotatable bonds is 7. The van der Waals surface area contributed by atoms with Gasteiger partial charge in [0.15, 0.2) is 0 Å². The van der Waals surface area contributed by atoms with Crippen molar-refractivity contribution >= 4 is 34.4 Å². The van der Waals surface area contributed by atoms with Gasteiger partial charge in [-0.3, -0.25) is 9.59 Å². The Morgan fingerprint density at radius 1 is 1.16 bits per heavy atom. The smallest absolute Gasteiger partial charge is 0.340 e. The molecule has 31 heavy (non-hydrogen) atoms. The third-order valence-electron chi connectivity index (χ3n) is 4.99. The average molecular weight is 446 g/mol. The standard InChI is InChI=1S/C22H20ClNO7/c1-11-16(22(30)31-18-8-15(25)7-17(26)21(11)18)9-19(27)24-10-13(6-20(28)29)12-2-4-14(23)5-3-12/h2-5,7-8,13,25-26H,6,9-10H2,1H3,(H,24,27)(H,28,29). The summed E-state index contributed by atoms with van der Waals surface area (Å²) in [6, 6.07) is 8.99. The molecule has 1 heterocycles. The number of phenolic OH excluding ortho intramolecular Hbond substituents is 2. The van der Waals surface area contributed by atoms with E-state index in [1.807, 2.05) is 0 Å². The van der Waals surface area contributed by atoms with Gasteiger partial charge >= 0.3 is 11.6 Å². The van der Waals surface area contributed by atoms with E-state index in [1.54, 1.807) is 31.2 Å². The lowest BCUT2D eigenvalue weighted by molar-refractivity contribution is -0.137. The Morgan fingerprint density at radius 2 is 1.84 bits per heavy atom. The number of carboxylic acid groups (broad SMARTS) is 1. The molecule has 1 aromatic heterocycles. The molecule has 3 rings (SSSR count).